The first-order valence-electron chi connectivity index (χ1n) is 7.32. The number of nitrogens with one attached hydrogen (secondary N) is 1. The predicted molar refractivity (Wildman–Crippen MR) is 89.4 cm³/mol. The average molecular weight is 330 g/mol. The molecule has 1 aliphatic heterocycles. The van der Waals surface area contributed by atoms with E-state index in [0.717, 1.165) is 6.42 Å². The highest BCUT2D eigenvalue weighted by atomic mass is 79.9. The summed E-state index contributed by atoms with van der Waals surface area (Å²) >= 11 is 3.63. The Labute approximate surface area is 129 Å². The van der Waals surface area contributed by atoms with Gasteiger partial charge in [-0.15, -0.1) is 0 Å². The summed E-state index contributed by atoms with van der Waals surface area (Å²) < 4.78 is 1.20. The lowest BCUT2D eigenvalue weighted by Crippen LogP contribution is -2.26. The number of halogens is 1. The van der Waals surface area contributed by atoms with Crippen molar-refractivity contribution in [3.05, 3.63) is 63.6 Å². The Bertz CT molecular complexity index is 592. The molecule has 1 atom stereocenters. The summed E-state index contributed by atoms with van der Waals surface area (Å²) in [6, 6.07) is 15.9. The molecule has 0 bridgehead atoms. The van der Waals surface area contributed by atoms with Crippen LogP contribution in [0.2, 0.25) is 0 Å². The van der Waals surface area contributed by atoms with E-state index in [0.29, 0.717) is 6.04 Å². The van der Waals surface area contributed by atoms with Gasteiger partial charge in [-0.1, -0.05) is 52.3 Å². The maximum atomic E-state index is 3.71. The van der Waals surface area contributed by atoms with Crippen LogP contribution in [0.3, 0.4) is 0 Å². The van der Waals surface area contributed by atoms with Gasteiger partial charge in [-0.2, -0.15) is 0 Å². The Morgan fingerprint density at radius 1 is 1.20 bits per heavy atom. The summed E-state index contributed by atoms with van der Waals surface area (Å²) in [6.45, 7) is 2.16. The maximum absolute atomic E-state index is 3.71. The van der Waals surface area contributed by atoms with E-state index >= 15 is 0 Å². The van der Waals surface area contributed by atoms with E-state index in [1.54, 1.807) is 0 Å². The Balaban J connectivity index is 1.65. The van der Waals surface area contributed by atoms with Crippen molar-refractivity contribution in [1.29, 1.82) is 0 Å². The van der Waals surface area contributed by atoms with Crippen molar-refractivity contribution >= 4 is 21.6 Å². The summed E-state index contributed by atoms with van der Waals surface area (Å²) in [5, 5.41) is 3.71. The second kappa shape index (κ2) is 6.01. The fourth-order valence-corrected chi connectivity index (χ4v) is 3.25. The van der Waals surface area contributed by atoms with Crippen molar-refractivity contribution in [3.63, 3.8) is 0 Å². The zero-order valence-corrected chi connectivity index (χ0v) is 13.4. The molecular weight excluding hydrogens is 310 g/mol. The van der Waals surface area contributed by atoms with Gasteiger partial charge in [0.05, 0.1) is 0 Å². The molecule has 1 aliphatic rings. The third-order valence-electron chi connectivity index (χ3n) is 4.13. The second-order valence-corrected chi connectivity index (χ2v) is 6.52. The highest BCUT2D eigenvalue weighted by molar-refractivity contribution is 9.10. The standard InChI is InChI=1S/C18H20BrN/c1-13-11-15-8-10-16(20-18(15)12-17(13)19)9-7-14-5-3-2-4-6-14/h2-6,11-12,16,20H,7-10H2,1H3. The van der Waals surface area contributed by atoms with Crippen LogP contribution < -0.4 is 5.32 Å². The van der Waals surface area contributed by atoms with Crippen molar-refractivity contribution in [1.82, 2.24) is 0 Å². The number of hydrogen-bond donors (Lipinski definition) is 1. The van der Waals surface area contributed by atoms with Crippen LogP contribution >= 0.6 is 15.9 Å². The first kappa shape index (κ1) is 13.7. The van der Waals surface area contributed by atoms with E-state index in [4.69, 9.17) is 0 Å². The summed E-state index contributed by atoms with van der Waals surface area (Å²) in [6.07, 6.45) is 4.78. The molecule has 0 radical (unpaired) electrons. The molecule has 2 heteroatoms. The van der Waals surface area contributed by atoms with Gasteiger partial charge in [0.15, 0.2) is 0 Å². The Hall–Kier alpha value is -1.28. The van der Waals surface area contributed by atoms with Gasteiger partial charge in [-0.25, -0.2) is 0 Å². The summed E-state index contributed by atoms with van der Waals surface area (Å²) in [4.78, 5) is 0. The normalized spacial score (nSPS) is 17.4. The van der Waals surface area contributed by atoms with Crippen LogP contribution in [0, 0.1) is 6.92 Å². The highest BCUT2D eigenvalue weighted by Crippen LogP contribution is 2.31. The monoisotopic (exact) mass is 329 g/mol. The lowest BCUT2D eigenvalue weighted by molar-refractivity contribution is 0.586. The van der Waals surface area contributed by atoms with Crippen molar-refractivity contribution in [3.8, 4) is 0 Å². The Morgan fingerprint density at radius 2 is 2.00 bits per heavy atom. The fourth-order valence-electron chi connectivity index (χ4n) is 2.91. The number of anilines is 1. The molecule has 20 heavy (non-hydrogen) atoms. The fraction of sp³-hybridized carbons (Fsp3) is 0.333. The van der Waals surface area contributed by atoms with Crippen LogP contribution in [0.1, 0.15) is 29.5 Å². The molecule has 1 unspecified atom stereocenters. The minimum atomic E-state index is 0.595. The molecule has 0 saturated heterocycles. The van der Waals surface area contributed by atoms with E-state index in [-0.39, 0.29) is 0 Å². The quantitative estimate of drug-likeness (QED) is 0.824. The molecule has 2 aromatic rings. The zero-order valence-electron chi connectivity index (χ0n) is 11.8. The van der Waals surface area contributed by atoms with Gasteiger partial charge in [0.1, 0.15) is 0 Å². The Morgan fingerprint density at radius 3 is 2.80 bits per heavy atom. The minimum absolute atomic E-state index is 0.595. The molecule has 3 rings (SSSR count). The molecule has 2 aromatic carbocycles. The molecule has 0 aromatic heterocycles. The van der Waals surface area contributed by atoms with Gasteiger partial charge in [0.2, 0.25) is 0 Å². The average Bonchev–Trinajstić information content (AvgIpc) is 2.47. The minimum Gasteiger partial charge on any atom is -0.382 e. The number of hydrogen-bond acceptors (Lipinski definition) is 1. The lowest BCUT2D eigenvalue weighted by Gasteiger charge is -2.28. The van der Waals surface area contributed by atoms with Gasteiger partial charge in [-0.05, 0) is 55.4 Å². The molecule has 0 amide bonds. The largest absolute Gasteiger partial charge is 0.382 e. The zero-order chi connectivity index (χ0) is 13.9. The van der Waals surface area contributed by atoms with Gasteiger partial charge < -0.3 is 5.32 Å². The molecule has 1 nitrogen and oxygen atoms in total. The predicted octanol–water partition coefficient (Wildman–Crippen LogP) is 5.12. The molecule has 0 fully saturated rings. The SMILES string of the molecule is Cc1cc2c(cc1Br)NC(CCc1ccccc1)CC2. The van der Waals surface area contributed by atoms with Crippen molar-refractivity contribution in [2.24, 2.45) is 0 Å². The molecule has 1 N–H and O–H groups in total. The third-order valence-corrected chi connectivity index (χ3v) is 4.98. The molecule has 0 saturated carbocycles. The van der Waals surface area contributed by atoms with Crippen molar-refractivity contribution in [2.45, 2.75) is 38.6 Å². The van der Waals surface area contributed by atoms with E-state index in [1.807, 2.05) is 0 Å². The van der Waals surface area contributed by atoms with Crippen molar-refractivity contribution < 1.29 is 0 Å². The van der Waals surface area contributed by atoms with Crippen LogP contribution in [0.5, 0.6) is 0 Å². The van der Waals surface area contributed by atoms with Gasteiger partial charge in [0, 0.05) is 16.2 Å². The molecule has 0 spiro atoms. The van der Waals surface area contributed by atoms with Crippen LogP contribution in [0.15, 0.2) is 46.9 Å². The van der Waals surface area contributed by atoms with E-state index in [1.165, 1.54) is 46.1 Å². The summed E-state index contributed by atoms with van der Waals surface area (Å²) in [5.74, 6) is 0. The first-order valence-corrected chi connectivity index (χ1v) is 8.11. The lowest BCUT2D eigenvalue weighted by atomic mass is 9.93. The van der Waals surface area contributed by atoms with Crippen molar-refractivity contribution in [2.75, 3.05) is 5.32 Å². The van der Waals surface area contributed by atoms with E-state index in [2.05, 4.69) is 70.6 Å². The first-order chi connectivity index (χ1) is 9.72. The smallest absolute Gasteiger partial charge is 0.0386 e. The van der Waals surface area contributed by atoms with Gasteiger partial charge in [-0.3, -0.25) is 0 Å². The van der Waals surface area contributed by atoms with E-state index < -0.39 is 0 Å². The number of benzene rings is 2. The topological polar surface area (TPSA) is 12.0 Å². The highest BCUT2D eigenvalue weighted by Gasteiger charge is 2.18. The molecule has 0 aliphatic carbocycles. The van der Waals surface area contributed by atoms with Crippen LogP contribution in [0.4, 0.5) is 5.69 Å². The van der Waals surface area contributed by atoms with Crippen LogP contribution in [-0.2, 0) is 12.8 Å². The molecule has 1 heterocycles. The summed E-state index contributed by atoms with van der Waals surface area (Å²) in [5.41, 5.74) is 5.53. The molecule has 104 valence electrons. The third kappa shape index (κ3) is 3.06. The number of aryl methyl sites for hydroxylation is 3. The van der Waals surface area contributed by atoms with Gasteiger partial charge >= 0.3 is 0 Å². The number of fused-ring (bicyclic) bond motifs is 1. The second-order valence-electron chi connectivity index (χ2n) is 5.66. The van der Waals surface area contributed by atoms with Crippen LogP contribution in [0.25, 0.3) is 0 Å². The summed E-state index contributed by atoms with van der Waals surface area (Å²) in [7, 11) is 0. The van der Waals surface area contributed by atoms with E-state index in [9.17, 15) is 0 Å². The molecular formula is C18H20BrN. The number of rotatable bonds is 3. The van der Waals surface area contributed by atoms with Crippen LogP contribution in [-0.4, -0.2) is 6.04 Å². The Kier molecular flexibility index (Phi) is 4.11. The van der Waals surface area contributed by atoms with Gasteiger partial charge in [0.25, 0.3) is 0 Å². The maximum Gasteiger partial charge on any atom is 0.0386 e.